The normalized spacial score (nSPS) is 11.0. The molecule has 0 amide bonds. The first kappa shape index (κ1) is 13.0. The first-order chi connectivity index (χ1) is 9.58. The third kappa shape index (κ3) is 2.04. The van der Waals surface area contributed by atoms with E-state index in [1.165, 1.54) is 6.07 Å². The molecule has 0 aliphatic heterocycles. The highest BCUT2D eigenvalue weighted by atomic mass is 35.5. The molecule has 0 saturated carbocycles. The first-order valence-corrected chi connectivity index (χ1v) is 6.64. The second-order valence-corrected chi connectivity index (χ2v) is 5.08. The van der Waals surface area contributed by atoms with Crippen molar-refractivity contribution >= 4 is 22.5 Å². The summed E-state index contributed by atoms with van der Waals surface area (Å²) in [4.78, 5) is 8.64. The van der Waals surface area contributed by atoms with Crippen LogP contribution in [0.15, 0.2) is 36.4 Å². The average molecular weight is 287 g/mol. The molecule has 0 fully saturated rings. The molecule has 0 aliphatic rings. The van der Waals surface area contributed by atoms with Crippen molar-refractivity contribution in [3.8, 4) is 11.4 Å². The molecular formula is C16H12ClFN2. The van der Waals surface area contributed by atoms with Gasteiger partial charge >= 0.3 is 0 Å². The SMILES string of the molecule is Cc1cccc(-c2nc(Cl)c3cccc(F)c3n2)c1C. The van der Waals surface area contributed by atoms with Gasteiger partial charge in [0.25, 0.3) is 0 Å². The van der Waals surface area contributed by atoms with Gasteiger partial charge in [0, 0.05) is 10.9 Å². The predicted molar refractivity (Wildman–Crippen MR) is 79.4 cm³/mol. The van der Waals surface area contributed by atoms with E-state index in [1.54, 1.807) is 12.1 Å². The van der Waals surface area contributed by atoms with Crippen LogP contribution in [0.3, 0.4) is 0 Å². The Balaban J connectivity index is 2.33. The second-order valence-electron chi connectivity index (χ2n) is 4.72. The van der Waals surface area contributed by atoms with Crippen LogP contribution in [0.4, 0.5) is 4.39 Å². The topological polar surface area (TPSA) is 25.8 Å². The average Bonchev–Trinajstić information content (AvgIpc) is 2.43. The molecule has 0 atom stereocenters. The molecule has 0 unspecified atom stereocenters. The van der Waals surface area contributed by atoms with Gasteiger partial charge in [0.15, 0.2) is 5.82 Å². The van der Waals surface area contributed by atoms with Crippen molar-refractivity contribution < 1.29 is 4.39 Å². The zero-order chi connectivity index (χ0) is 14.3. The third-order valence-electron chi connectivity index (χ3n) is 3.48. The molecule has 0 saturated heterocycles. The molecule has 0 spiro atoms. The van der Waals surface area contributed by atoms with Crippen LogP contribution < -0.4 is 0 Å². The molecule has 2 aromatic carbocycles. The monoisotopic (exact) mass is 286 g/mol. The van der Waals surface area contributed by atoms with Gasteiger partial charge in [-0.3, -0.25) is 0 Å². The number of fused-ring (bicyclic) bond motifs is 1. The maximum atomic E-state index is 13.9. The van der Waals surface area contributed by atoms with E-state index in [9.17, 15) is 4.39 Å². The van der Waals surface area contributed by atoms with E-state index in [2.05, 4.69) is 9.97 Å². The van der Waals surface area contributed by atoms with Crippen LogP contribution in [-0.2, 0) is 0 Å². The summed E-state index contributed by atoms with van der Waals surface area (Å²) in [6.07, 6.45) is 0. The van der Waals surface area contributed by atoms with E-state index < -0.39 is 5.82 Å². The molecule has 1 aromatic heterocycles. The van der Waals surface area contributed by atoms with Gasteiger partial charge in [-0.05, 0) is 37.1 Å². The Morgan fingerprint density at radius 1 is 1.00 bits per heavy atom. The van der Waals surface area contributed by atoms with Gasteiger partial charge in [-0.2, -0.15) is 0 Å². The summed E-state index contributed by atoms with van der Waals surface area (Å²) < 4.78 is 13.9. The number of para-hydroxylation sites is 1. The highest BCUT2D eigenvalue weighted by molar-refractivity contribution is 6.34. The molecule has 4 heteroatoms. The highest BCUT2D eigenvalue weighted by Gasteiger charge is 2.12. The molecule has 20 heavy (non-hydrogen) atoms. The van der Waals surface area contributed by atoms with Crippen LogP contribution in [0.5, 0.6) is 0 Å². The highest BCUT2D eigenvalue weighted by Crippen LogP contribution is 2.28. The number of rotatable bonds is 1. The van der Waals surface area contributed by atoms with E-state index in [-0.39, 0.29) is 10.7 Å². The second kappa shape index (κ2) is 4.84. The fourth-order valence-electron chi connectivity index (χ4n) is 2.19. The standard InChI is InChI=1S/C16H12ClFN2/c1-9-5-3-6-11(10(9)2)16-19-14-12(15(17)20-16)7-4-8-13(14)18/h3-8H,1-2H3. The van der Waals surface area contributed by atoms with Crippen LogP contribution in [0.1, 0.15) is 11.1 Å². The zero-order valence-corrected chi connectivity index (χ0v) is 11.9. The van der Waals surface area contributed by atoms with E-state index >= 15 is 0 Å². The maximum Gasteiger partial charge on any atom is 0.161 e. The number of halogens is 2. The molecule has 1 heterocycles. The molecule has 0 N–H and O–H groups in total. The van der Waals surface area contributed by atoms with E-state index in [0.717, 1.165) is 16.7 Å². The van der Waals surface area contributed by atoms with Crippen molar-refractivity contribution in [2.75, 3.05) is 0 Å². The smallest absolute Gasteiger partial charge is 0.161 e. The van der Waals surface area contributed by atoms with Gasteiger partial charge in [-0.1, -0.05) is 35.9 Å². The molecule has 3 rings (SSSR count). The van der Waals surface area contributed by atoms with E-state index in [0.29, 0.717) is 11.2 Å². The predicted octanol–water partition coefficient (Wildman–Crippen LogP) is 4.71. The van der Waals surface area contributed by atoms with Crippen molar-refractivity contribution in [2.24, 2.45) is 0 Å². The number of benzene rings is 2. The summed E-state index contributed by atoms with van der Waals surface area (Å²) in [5, 5.41) is 0.797. The lowest BCUT2D eigenvalue weighted by Gasteiger charge is -2.09. The Labute approximate surface area is 121 Å². The van der Waals surface area contributed by atoms with Crippen molar-refractivity contribution in [1.82, 2.24) is 9.97 Å². The van der Waals surface area contributed by atoms with Crippen molar-refractivity contribution in [1.29, 1.82) is 0 Å². The molecule has 0 aliphatic carbocycles. The Hall–Kier alpha value is -2.00. The quantitative estimate of drug-likeness (QED) is 0.606. The summed E-state index contributed by atoms with van der Waals surface area (Å²) in [6.45, 7) is 4.01. The number of aromatic nitrogens is 2. The summed E-state index contributed by atoms with van der Waals surface area (Å²) in [6, 6.07) is 10.6. The lowest BCUT2D eigenvalue weighted by atomic mass is 10.0. The largest absolute Gasteiger partial charge is 0.225 e. The molecule has 0 radical (unpaired) electrons. The minimum absolute atomic E-state index is 0.253. The fourth-order valence-corrected chi connectivity index (χ4v) is 2.43. The van der Waals surface area contributed by atoms with E-state index in [1.807, 2.05) is 32.0 Å². The number of aryl methyl sites for hydroxylation is 1. The first-order valence-electron chi connectivity index (χ1n) is 6.26. The lowest BCUT2D eigenvalue weighted by Crippen LogP contribution is -1.96. The number of nitrogens with zero attached hydrogens (tertiary/aromatic N) is 2. The van der Waals surface area contributed by atoms with Gasteiger partial charge < -0.3 is 0 Å². The molecule has 3 aromatic rings. The van der Waals surface area contributed by atoms with Crippen LogP contribution >= 0.6 is 11.6 Å². The van der Waals surface area contributed by atoms with Crippen LogP contribution in [0.25, 0.3) is 22.3 Å². The molecular weight excluding hydrogens is 275 g/mol. The van der Waals surface area contributed by atoms with Gasteiger partial charge in [-0.25, -0.2) is 14.4 Å². The lowest BCUT2D eigenvalue weighted by molar-refractivity contribution is 0.636. The van der Waals surface area contributed by atoms with Crippen molar-refractivity contribution in [3.63, 3.8) is 0 Å². The minimum Gasteiger partial charge on any atom is -0.225 e. The van der Waals surface area contributed by atoms with Gasteiger partial charge in [0.1, 0.15) is 16.5 Å². The summed E-state index contributed by atoms with van der Waals surface area (Å²) in [7, 11) is 0. The summed E-state index contributed by atoms with van der Waals surface area (Å²) >= 11 is 6.16. The fraction of sp³-hybridized carbons (Fsp3) is 0.125. The molecule has 100 valence electrons. The minimum atomic E-state index is -0.390. The van der Waals surface area contributed by atoms with E-state index in [4.69, 9.17) is 11.6 Å². The summed E-state index contributed by atoms with van der Waals surface area (Å²) in [5.74, 6) is 0.0622. The van der Waals surface area contributed by atoms with Gasteiger partial charge in [0.2, 0.25) is 0 Å². The maximum absolute atomic E-state index is 13.9. The van der Waals surface area contributed by atoms with Crippen molar-refractivity contribution in [3.05, 3.63) is 58.5 Å². The van der Waals surface area contributed by atoms with Crippen LogP contribution in [0, 0.1) is 19.7 Å². The van der Waals surface area contributed by atoms with Gasteiger partial charge in [0.05, 0.1) is 0 Å². The van der Waals surface area contributed by atoms with Gasteiger partial charge in [-0.15, -0.1) is 0 Å². The third-order valence-corrected chi connectivity index (χ3v) is 3.76. The van der Waals surface area contributed by atoms with Crippen molar-refractivity contribution in [2.45, 2.75) is 13.8 Å². The van der Waals surface area contributed by atoms with Crippen LogP contribution in [-0.4, -0.2) is 9.97 Å². The summed E-state index contributed by atoms with van der Waals surface area (Å²) in [5.41, 5.74) is 3.33. The Morgan fingerprint density at radius 2 is 1.75 bits per heavy atom. The molecule has 2 nitrogen and oxygen atoms in total. The Kier molecular flexibility index (Phi) is 3.14. The number of hydrogen-bond acceptors (Lipinski definition) is 2. The Morgan fingerprint density at radius 3 is 2.55 bits per heavy atom. The Bertz CT molecular complexity index is 815. The number of hydrogen-bond donors (Lipinski definition) is 0. The van der Waals surface area contributed by atoms with Crippen LogP contribution in [0.2, 0.25) is 5.15 Å². The molecule has 0 bridgehead atoms. The zero-order valence-electron chi connectivity index (χ0n) is 11.1.